The third kappa shape index (κ3) is 5.11. The van der Waals surface area contributed by atoms with E-state index in [1.165, 1.54) is 61.0 Å². The number of hydrazone groups is 1. The van der Waals surface area contributed by atoms with Crippen molar-refractivity contribution in [1.82, 2.24) is 5.43 Å². The van der Waals surface area contributed by atoms with Gasteiger partial charge in [0.2, 0.25) is 5.43 Å². The number of nitrogens with one attached hydrogen (secondary N) is 2. The largest absolute Gasteiger partial charge is 0.463 e. The summed E-state index contributed by atoms with van der Waals surface area (Å²) in [7, 11) is -3.80. The van der Waals surface area contributed by atoms with Gasteiger partial charge in [-0.25, -0.2) is 13.8 Å². The normalized spacial score (nSPS) is 11.5. The van der Waals surface area contributed by atoms with Crippen molar-refractivity contribution in [1.29, 1.82) is 0 Å². The van der Waals surface area contributed by atoms with Crippen molar-refractivity contribution in [3.05, 3.63) is 105 Å². The molecule has 0 bridgehead atoms. The van der Waals surface area contributed by atoms with E-state index in [4.69, 9.17) is 16.0 Å². The molecule has 33 heavy (non-hydrogen) atoms. The number of benzene rings is 3. The number of nitrogens with zero attached hydrogens (tertiary/aromatic N) is 1. The summed E-state index contributed by atoms with van der Waals surface area (Å²) in [6, 6.07) is 18.3. The molecule has 3 aromatic carbocycles. The highest BCUT2D eigenvalue weighted by Crippen LogP contribution is 2.19. The Labute approximate surface area is 193 Å². The number of halogens is 1. The van der Waals surface area contributed by atoms with Crippen molar-refractivity contribution in [2.45, 2.75) is 4.90 Å². The first-order valence-corrected chi connectivity index (χ1v) is 11.4. The van der Waals surface area contributed by atoms with Crippen molar-refractivity contribution in [3.63, 3.8) is 0 Å². The lowest BCUT2D eigenvalue weighted by Crippen LogP contribution is -2.19. The van der Waals surface area contributed by atoms with Gasteiger partial charge in [-0.15, -0.1) is 0 Å². The number of rotatable bonds is 6. The Morgan fingerprint density at radius 1 is 0.970 bits per heavy atom. The second-order valence-electron chi connectivity index (χ2n) is 6.85. The predicted molar refractivity (Wildman–Crippen MR) is 126 cm³/mol. The topological polar surface area (TPSA) is 118 Å². The Kier molecular flexibility index (Phi) is 6.25. The molecule has 0 aliphatic rings. The van der Waals surface area contributed by atoms with E-state index in [9.17, 15) is 18.0 Å². The number of carbonyl (C=O) groups excluding carboxylic acids is 1. The molecule has 0 spiro atoms. The number of para-hydroxylation sites is 1. The fourth-order valence-corrected chi connectivity index (χ4v) is 4.11. The van der Waals surface area contributed by atoms with Gasteiger partial charge in [-0.3, -0.25) is 14.3 Å². The van der Waals surface area contributed by atoms with E-state index in [0.29, 0.717) is 16.0 Å². The number of carbonyl (C=O) groups is 1. The summed E-state index contributed by atoms with van der Waals surface area (Å²) >= 11 is 5.79. The second kappa shape index (κ2) is 9.27. The Morgan fingerprint density at radius 3 is 2.39 bits per heavy atom. The van der Waals surface area contributed by atoms with Crippen LogP contribution < -0.4 is 15.6 Å². The summed E-state index contributed by atoms with van der Waals surface area (Å²) in [6.07, 6.45) is 2.46. The first kappa shape index (κ1) is 22.3. The lowest BCUT2D eigenvalue weighted by atomic mass is 10.2. The van der Waals surface area contributed by atoms with E-state index in [1.807, 2.05) is 0 Å². The Morgan fingerprint density at radius 2 is 1.67 bits per heavy atom. The summed E-state index contributed by atoms with van der Waals surface area (Å²) in [5, 5.41) is 4.64. The molecule has 4 rings (SSSR count). The van der Waals surface area contributed by atoms with Gasteiger partial charge in [0.15, 0.2) is 0 Å². The molecule has 1 amide bonds. The average Bonchev–Trinajstić information content (AvgIpc) is 2.81. The molecule has 0 saturated carbocycles. The monoisotopic (exact) mass is 481 g/mol. The number of anilines is 1. The van der Waals surface area contributed by atoms with Gasteiger partial charge in [0, 0.05) is 16.3 Å². The van der Waals surface area contributed by atoms with Gasteiger partial charge >= 0.3 is 0 Å². The number of fused-ring (bicyclic) bond motifs is 1. The molecule has 10 heteroatoms. The maximum atomic E-state index is 12.4. The van der Waals surface area contributed by atoms with E-state index in [2.05, 4.69) is 15.2 Å². The van der Waals surface area contributed by atoms with Crippen LogP contribution in [-0.4, -0.2) is 20.5 Å². The van der Waals surface area contributed by atoms with Crippen LogP contribution >= 0.6 is 11.6 Å². The fourth-order valence-electron chi connectivity index (χ4n) is 2.92. The molecule has 8 nitrogen and oxygen atoms in total. The van der Waals surface area contributed by atoms with Gasteiger partial charge < -0.3 is 4.42 Å². The molecule has 4 aromatic rings. The molecule has 166 valence electrons. The molecule has 0 atom stereocenters. The summed E-state index contributed by atoms with van der Waals surface area (Å²) in [5.41, 5.74) is 3.20. The van der Waals surface area contributed by atoms with Gasteiger partial charge in [0.1, 0.15) is 11.8 Å². The first-order chi connectivity index (χ1) is 15.8. The molecule has 0 aliphatic heterocycles. The van der Waals surface area contributed by atoms with Gasteiger partial charge in [0.05, 0.1) is 22.1 Å². The summed E-state index contributed by atoms with van der Waals surface area (Å²) in [6.45, 7) is 0. The number of hydrogen-bond acceptors (Lipinski definition) is 6. The maximum absolute atomic E-state index is 12.4. The zero-order chi connectivity index (χ0) is 23.4. The summed E-state index contributed by atoms with van der Waals surface area (Å²) in [5.74, 6) is -0.538. The van der Waals surface area contributed by atoms with E-state index < -0.39 is 15.9 Å². The van der Waals surface area contributed by atoms with E-state index >= 15 is 0 Å². The van der Waals surface area contributed by atoms with Crippen LogP contribution in [0.1, 0.15) is 15.9 Å². The molecular weight excluding hydrogens is 466 g/mol. The zero-order valence-corrected chi connectivity index (χ0v) is 18.4. The highest BCUT2D eigenvalue weighted by atomic mass is 35.5. The van der Waals surface area contributed by atoms with Crippen molar-refractivity contribution < 1.29 is 17.6 Å². The van der Waals surface area contributed by atoms with E-state index in [-0.39, 0.29) is 27.1 Å². The minimum Gasteiger partial charge on any atom is -0.463 e. The highest BCUT2D eigenvalue weighted by Gasteiger charge is 2.14. The molecule has 0 aliphatic carbocycles. The van der Waals surface area contributed by atoms with Gasteiger partial charge in [-0.1, -0.05) is 23.7 Å². The quantitative estimate of drug-likeness (QED) is 0.318. The van der Waals surface area contributed by atoms with Crippen LogP contribution in [0.3, 0.4) is 0 Å². The Hall–Kier alpha value is -3.95. The molecule has 1 aromatic heterocycles. The van der Waals surface area contributed by atoms with E-state index in [1.54, 1.807) is 24.3 Å². The minimum atomic E-state index is -3.80. The zero-order valence-electron chi connectivity index (χ0n) is 16.9. The summed E-state index contributed by atoms with van der Waals surface area (Å²) in [4.78, 5) is 24.8. The fraction of sp³-hybridized carbons (Fsp3) is 0. The average molecular weight is 482 g/mol. The predicted octanol–water partition coefficient (Wildman–Crippen LogP) is 4.01. The standard InChI is InChI=1S/C23H16ClN3O5S/c24-17-7-11-19(12-8-17)33(30,31)27-18-9-5-15(6-10-18)23(29)26-25-13-16-14-32-21-4-2-1-3-20(21)22(16)28/h1-14,27H,(H,26,29)/b25-13-. The van der Waals surface area contributed by atoms with Crippen molar-refractivity contribution in [3.8, 4) is 0 Å². The van der Waals surface area contributed by atoms with Gasteiger partial charge in [0.25, 0.3) is 15.9 Å². The summed E-state index contributed by atoms with van der Waals surface area (Å²) < 4.78 is 32.7. The van der Waals surface area contributed by atoms with Crippen molar-refractivity contribution in [2.24, 2.45) is 5.10 Å². The molecule has 0 radical (unpaired) electrons. The molecule has 0 unspecified atom stereocenters. The molecule has 1 heterocycles. The van der Waals surface area contributed by atoms with Crippen LogP contribution in [0.2, 0.25) is 5.02 Å². The van der Waals surface area contributed by atoms with Crippen LogP contribution in [0.5, 0.6) is 0 Å². The molecule has 0 saturated heterocycles. The third-order valence-corrected chi connectivity index (χ3v) is 6.25. The van der Waals surface area contributed by atoms with Gasteiger partial charge in [-0.05, 0) is 60.7 Å². The number of amides is 1. The van der Waals surface area contributed by atoms with E-state index in [0.717, 1.165) is 0 Å². The molecule has 2 N–H and O–H groups in total. The van der Waals surface area contributed by atoms with Crippen LogP contribution in [0.15, 0.2) is 98.3 Å². The van der Waals surface area contributed by atoms with Crippen LogP contribution in [-0.2, 0) is 10.0 Å². The highest BCUT2D eigenvalue weighted by molar-refractivity contribution is 7.92. The lowest BCUT2D eigenvalue weighted by Gasteiger charge is -2.08. The first-order valence-electron chi connectivity index (χ1n) is 9.56. The lowest BCUT2D eigenvalue weighted by molar-refractivity contribution is 0.0955. The van der Waals surface area contributed by atoms with Crippen molar-refractivity contribution in [2.75, 3.05) is 4.72 Å². The van der Waals surface area contributed by atoms with Crippen LogP contribution in [0.25, 0.3) is 11.0 Å². The third-order valence-electron chi connectivity index (χ3n) is 4.60. The Balaban J connectivity index is 1.42. The van der Waals surface area contributed by atoms with Crippen molar-refractivity contribution >= 4 is 50.4 Å². The van der Waals surface area contributed by atoms with Gasteiger partial charge in [-0.2, -0.15) is 5.10 Å². The number of sulfonamides is 1. The van der Waals surface area contributed by atoms with Crippen LogP contribution in [0.4, 0.5) is 5.69 Å². The Bertz CT molecular complexity index is 1510. The van der Waals surface area contributed by atoms with Crippen LogP contribution in [0, 0.1) is 0 Å². The smallest absolute Gasteiger partial charge is 0.271 e. The molecular formula is C23H16ClN3O5S. The molecule has 0 fully saturated rings. The SMILES string of the molecule is O=C(N/N=C\c1coc2ccccc2c1=O)c1ccc(NS(=O)(=O)c2ccc(Cl)cc2)cc1. The number of hydrogen-bond donors (Lipinski definition) is 2. The minimum absolute atomic E-state index is 0.0567. The maximum Gasteiger partial charge on any atom is 0.271 e. The second-order valence-corrected chi connectivity index (χ2v) is 8.97.